The van der Waals surface area contributed by atoms with E-state index in [9.17, 15) is 9.18 Å². The predicted molar refractivity (Wildman–Crippen MR) is 74.4 cm³/mol. The molecule has 1 amide bonds. The molecule has 104 valence electrons. The number of carbonyl (C=O) groups is 1. The molecule has 6 heteroatoms. The monoisotopic (exact) mass is 330 g/mol. The fourth-order valence-electron chi connectivity index (χ4n) is 2.10. The quantitative estimate of drug-likeness (QED) is 0.833. The number of amides is 1. The van der Waals surface area contributed by atoms with Crippen LogP contribution in [0.3, 0.4) is 0 Å². The van der Waals surface area contributed by atoms with Gasteiger partial charge in [-0.25, -0.2) is 4.39 Å². The van der Waals surface area contributed by atoms with Crippen LogP contribution in [0.5, 0.6) is 0 Å². The van der Waals surface area contributed by atoms with E-state index in [-0.39, 0.29) is 17.2 Å². The number of nitrogens with two attached hydrogens (primary N) is 1. The van der Waals surface area contributed by atoms with Crippen LogP contribution < -0.4 is 11.1 Å². The molecule has 0 aliphatic heterocycles. The Morgan fingerprint density at radius 1 is 1.58 bits per heavy atom. The summed E-state index contributed by atoms with van der Waals surface area (Å²) in [5.74, 6) is -0.835. The van der Waals surface area contributed by atoms with Crippen LogP contribution in [0.2, 0.25) is 0 Å². The molecule has 3 N–H and O–H groups in total. The van der Waals surface area contributed by atoms with Crippen LogP contribution in [0.25, 0.3) is 0 Å². The maximum absolute atomic E-state index is 13.2. The SMILES string of the molecule is COC1(CNC(=O)c2cc(N)c(F)cc2Br)CCC1. The van der Waals surface area contributed by atoms with Gasteiger partial charge >= 0.3 is 0 Å². The van der Waals surface area contributed by atoms with Crippen LogP contribution in [0.4, 0.5) is 10.1 Å². The van der Waals surface area contributed by atoms with Gasteiger partial charge in [-0.1, -0.05) is 0 Å². The zero-order valence-electron chi connectivity index (χ0n) is 10.6. The van der Waals surface area contributed by atoms with Crippen molar-refractivity contribution < 1.29 is 13.9 Å². The highest BCUT2D eigenvalue weighted by Crippen LogP contribution is 2.34. The highest BCUT2D eigenvalue weighted by Gasteiger charge is 2.37. The number of nitrogen functional groups attached to an aromatic ring is 1. The van der Waals surface area contributed by atoms with Gasteiger partial charge in [0.05, 0.1) is 16.9 Å². The molecule has 4 nitrogen and oxygen atoms in total. The van der Waals surface area contributed by atoms with E-state index in [2.05, 4.69) is 21.2 Å². The van der Waals surface area contributed by atoms with E-state index in [4.69, 9.17) is 10.5 Å². The third-order valence-corrected chi connectivity index (χ3v) is 4.26. The smallest absolute Gasteiger partial charge is 0.252 e. The molecule has 1 aromatic rings. The minimum Gasteiger partial charge on any atom is -0.396 e. The normalized spacial score (nSPS) is 16.8. The van der Waals surface area contributed by atoms with Crippen molar-refractivity contribution in [2.75, 3.05) is 19.4 Å². The molecule has 1 aromatic carbocycles. The Balaban J connectivity index is 2.06. The number of carbonyl (C=O) groups excluding carboxylic acids is 1. The van der Waals surface area contributed by atoms with Crippen molar-refractivity contribution in [1.29, 1.82) is 0 Å². The highest BCUT2D eigenvalue weighted by atomic mass is 79.9. The number of nitrogens with one attached hydrogen (secondary N) is 1. The first-order chi connectivity index (χ1) is 8.97. The molecule has 1 fully saturated rings. The van der Waals surface area contributed by atoms with E-state index in [1.807, 2.05) is 0 Å². The van der Waals surface area contributed by atoms with Crippen LogP contribution in [-0.4, -0.2) is 25.2 Å². The van der Waals surface area contributed by atoms with Gasteiger partial charge in [-0.15, -0.1) is 0 Å². The Kier molecular flexibility index (Phi) is 4.10. The average molecular weight is 331 g/mol. The molecule has 0 spiro atoms. The molecule has 2 rings (SSSR count). The van der Waals surface area contributed by atoms with Crippen molar-refractivity contribution in [2.24, 2.45) is 0 Å². The molecular weight excluding hydrogens is 315 g/mol. The summed E-state index contributed by atoms with van der Waals surface area (Å²) in [7, 11) is 1.65. The van der Waals surface area contributed by atoms with Gasteiger partial charge in [0.2, 0.25) is 0 Å². The Hall–Kier alpha value is -1.14. The number of hydrogen-bond acceptors (Lipinski definition) is 3. The molecule has 0 atom stereocenters. The van der Waals surface area contributed by atoms with Crippen molar-refractivity contribution in [1.82, 2.24) is 5.32 Å². The Morgan fingerprint density at radius 2 is 2.26 bits per heavy atom. The Labute approximate surface area is 119 Å². The number of benzene rings is 1. The van der Waals surface area contributed by atoms with E-state index in [0.717, 1.165) is 19.3 Å². The molecule has 0 radical (unpaired) electrons. The first kappa shape index (κ1) is 14.3. The molecule has 19 heavy (non-hydrogen) atoms. The summed E-state index contributed by atoms with van der Waals surface area (Å²) in [6, 6.07) is 2.52. The summed E-state index contributed by atoms with van der Waals surface area (Å²) in [5.41, 5.74) is 5.51. The van der Waals surface area contributed by atoms with Crippen molar-refractivity contribution in [3.8, 4) is 0 Å². The third kappa shape index (κ3) is 2.90. The molecule has 0 bridgehead atoms. The first-order valence-corrected chi connectivity index (χ1v) is 6.85. The summed E-state index contributed by atoms with van der Waals surface area (Å²) < 4.78 is 19.0. The summed E-state index contributed by atoms with van der Waals surface area (Å²) in [6.07, 6.45) is 2.99. The van der Waals surface area contributed by atoms with Crippen LogP contribution in [0, 0.1) is 5.82 Å². The van der Waals surface area contributed by atoms with Gasteiger partial charge in [0.25, 0.3) is 5.91 Å². The standard InChI is InChI=1S/C13H16BrFN2O2/c1-19-13(3-2-4-13)7-17-12(18)8-5-11(16)10(15)6-9(8)14/h5-6H,2-4,7,16H2,1H3,(H,17,18). The lowest BCUT2D eigenvalue weighted by Crippen LogP contribution is -2.49. The molecule has 0 aromatic heterocycles. The van der Waals surface area contributed by atoms with E-state index < -0.39 is 5.82 Å². The summed E-state index contributed by atoms with van der Waals surface area (Å²) >= 11 is 3.16. The highest BCUT2D eigenvalue weighted by molar-refractivity contribution is 9.10. The molecule has 0 saturated heterocycles. The lowest BCUT2D eigenvalue weighted by atomic mass is 9.80. The van der Waals surface area contributed by atoms with Gasteiger partial charge in [-0.2, -0.15) is 0 Å². The Morgan fingerprint density at radius 3 is 2.79 bits per heavy atom. The van der Waals surface area contributed by atoms with E-state index in [0.29, 0.717) is 16.6 Å². The van der Waals surface area contributed by atoms with Crippen LogP contribution in [0.1, 0.15) is 29.6 Å². The first-order valence-electron chi connectivity index (χ1n) is 6.05. The number of methoxy groups -OCH3 is 1. The van der Waals surface area contributed by atoms with Gasteiger partial charge in [0.15, 0.2) is 0 Å². The van der Waals surface area contributed by atoms with E-state index >= 15 is 0 Å². The maximum Gasteiger partial charge on any atom is 0.252 e. The van der Waals surface area contributed by atoms with Crippen LogP contribution in [-0.2, 0) is 4.74 Å². The largest absolute Gasteiger partial charge is 0.396 e. The fraction of sp³-hybridized carbons (Fsp3) is 0.462. The van der Waals surface area contributed by atoms with Gasteiger partial charge in [-0.05, 0) is 47.3 Å². The molecule has 1 aliphatic carbocycles. The number of ether oxygens (including phenoxy) is 1. The lowest BCUT2D eigenvalue weighted by Gasteiger charge is -2.40. The van der Waals surface area contributed by atoms with Gasteiger partial charge in [0, 0.05) is 18.1 Å². The summed E-state index contributed by atoms with van der Waals surface area (Å²) in [5, 5.41) is 2.81. The van der Waals surface area contributed by atoms with E-state index in [1.165, 1.54) is 12.1 Å². The second-order valence-corrected chi connectivity index (χ2v) is 5.63. The van der Waals surface area contributed by atoms with Crippen molar-refractivity contribution >= 4 is 27.5 Å². The van der Waals surface area contributed by atoms with Gasteiger partial charge in [-0.3, -0.25) is 4.79 Å². The molecule has 0 heterocycles. The zero-order valence-corrected chi connectivity index (χ0v) is 12.2. The minimum atomic E-state index is -0.546. The van der Waals surface area contributed by atoms with Crippen LogP contribution in [0.15, 0.2) is 16.6 Å². The Bertz CT molecular complexity index is 498. The number of hydrogen-bond donors (Lipinski definition) is 2. The summed E-state index contributed by atoms with van der Waals surface area (Å²) in [6.45, 7) is 0.450. The van der Waals surface area contributed by atoms with Crippen molar-refractivity contribution in [3.63, 3.8) is 0 Å². The zero-order chi connectivity index (χ0) is 14.0. The fourth-order valence-corrected chi connectivity index (χ4v) is 2.60. The predicted octanol–water partition coefficient (Wildman–Crippen LogP) is 2.47. The van der Waals surface area contributed by atoms with Gasteiger partial charge in [0.1, 0.15) is 5.82 Å². The molecule has 1 aliphatic rings. The van der Waals surface area contributed by atoms with Crippen molar-refractivity contribution in [2.45, 2.75) is 24.9 Å². The second kappa shape index (κ2) is 5.46. The number of rotatable bonds is 4. The maximum atomic E-state index is 13.2. The third-order valence-electron chi connectivity index (χ3n) is 3.60. The summed E-state index contributed by atoms with van der Waals surface area (Å²) in [4.78, 5) is 12.1. The van der Waals surface area contributed by atoms with Gasteiger partial charge < -0.3 is 15.8 Å². The van der Waals surface area contributed by atoms with E-state index in [1.54, 1.807) is 7.11 Å². The lowest BCUT2D eigenvalue weighted by molar-refractivity contribution is -0.0679. The minimum absolute atomic E-state index is 0.0431. The number of anilines is 1. The van der Waals surface area contributed by atoms with Crippen molar-refractivity contribution in [3.05, 3.63) is 28.0 Å². The number of halogens is 2. The molecular formula is C13H16BrFN2O2. The molecule has 0 unspecified atom stereocenters. The van der Waals surface area contributed by atoms with Crippen LogP contribution >= 0.6 is 15.9 Å². The second-order valence-electron chi connectivity index (χ2n) is 4.78. The average Bonchev–Trinajstić information content (AvgIpc) is 2.32. The topological polar surface area (TPSA) is 64.3 Å². The molecule has 1 saturated carbocycles.